The van der Waals surface area contributed by atoms with Crippen LogP contribution in [-0.2, 0) is 14.8 Å². The number of fused-ring (bicyclic) bond motifs is 4. The molecule has 3 nitrogen and oxygen atoms in total. The van der Waals surface area contributed by atoms with Gasteiger partial charge in [-0.1, -0.05) is 51.1 Å². The smallest absolute Gasteiger partial charge is 0.192 e. The van der Waals surface area contributed by atoms with Gasteiger partial charge in [-0.25, -0.2) is 0 Å². The van der Waals surface area contributed by atoms with Crippen molar-refractivity contribution in [3.8, 4) is 0 Å². The fourth-order valence-electron chi connectivity index (χ4n) is 5.24. The SMILES string of the molecule is CC(C)(C)[Si](C)(C)O[C@@H]1C[C@@]2(c3ccccc3)C=C3[C@@H](CC[C@]3(C)O)[C@]1(C)O2. The average Bonchev–Trinajstić information content (AvgIpc) is 3.01. The van der Waals surface area contributed by atoms with Gasteiger partial charge in [0.15, 0.2) is 8.32 Å². The largest absolute Gasteiger partial charge is 0.411 e. The Kier molecular flexibility index (Phi) is 4.38. The van der Waals surface area contributed by atoms with Crippen molar-refractivity contribution in [3.63, 3.8) is 0 Å². The third kappa shape index (κ3) is 2.87. The van der Waals surface area contributed by atoms with Crippen molar-refractivity contribution in [2.75, 3.05) is 0 Å². The predicted octanol–water partition coefficient (Wildman–Crippen LogP) is 5.55. The first-order valence-electron chi connectivity index (χ1n) is 10.7. The molecule has 4 rings (SSSR count). The predicted molar refractivity (Wildman–Crippen MR) is 116 cm³/mol. The van der Waals surface area contributed by atoms with Gasteiger partial charge < -0.3 is 14.3 Å². The normalized spacial score (nSPS) is 40.4. The van der Waals surface area contributed by atoms with Gasteiger partial charge in [-0.15, -0.1) is 0 Å². The van der Waals surface area contributed by atoms with E-state index in [0.29, 0.717) is 0 Å². The van der Waals surface area contributed by atoms with Crippen LogP contribution in [0, 0.1) is 5.92 Å². The monoisotopic (exact) mass is 400 g/mol. The van der Waals surface area contributed by atoms with E-state index in [1.54, 1.807) is 0 Å². The van der Waals surface area contributed by atoms with Crippen LogP contribution in [0.2, 0.25) is 18.1 Å². The Balaban J connectivity index is 1.81. The number of hydrogen-bond acceptors (Lipinski definition) is 3. The molecule has 0 aromatic heterocycles. The molecular weight excluding hydrogens is 364 g/mol. The Labute approximate surface area is 171 Å². The van der Waals surface area contributed by atoms with Crippen molar-refractivity contribution in [1.82, 2.24) is 0 Å². The summed E-state index contributed by atoms with van der Waals surface area (Å²) >= 11 is 0. The maximum absolute atomic E-state index is 11.1. The van der Waals surface area contributed by atoms with Gasteiger partial charge in [0.25, 0.3) is 0 Å². The molecular formula is C24H36O3Si. The molecule has 154 valence electrons. The van der Waals surface area contributed by atoms with Crippen molar-refractivity contribution in [1.29, 1.82) is 0 Å². The fraction of sp³-hybridized carbons (Fsp3) is 0.667. The van der Waals surface area contributed by atoms with Crippen LogP contribution < -0.4 is 0 Å². The summed E-state index contributed by atoms with van der Waals surface area (Å²) in [6.45, 7) is 15.7. The van der Waals surface area contributed by atoms with Crippen LogP contribution in [-0.4, -0.2) is 30.7 Å². The van der Waals surface area contributed by atoms with Crippen molar-refractivity contribution in [3.05, 3.63) is 47.5 Å². The lowest BCUT2D eigenvalue weighted by molar-refractivity contribution is -0.133. The van der Waals surface area contributed by atoms with E-state index in [2.05, 4.69) is 71.1 Å². The summed E-state index contributed by atoms with van der Waals surface area (Å²) in [4.78, 5) is 0. The molecule has 1 saturated heterocycles. The van der Waals surface area contributed by atoms with Crippen molar-refractivity contribution < 1.29 is 14.3 Å². The number of rotatable bonds is 3. The van der Waals surface area contributed by atoms with E-state index in [1.165, 1.54) is 0 Å². The molecule has 1 aromatic rings. The van der Waals surface area contributed by atoms with Gasteiger partial charge in [0, 0.05) is 12.3 Å². The van der Waals surface area contributed by atoms with E-state index in [4.69, 9.17) is 9.16 Å². The zero-order chi connectivity index (χ0) is 20.6. The van der Waals surface area contributed by atoms with E-state index in [1.807, 2.05) is 13.0 Å². The zero-order valence-corrected chi connectivity index (χ0v) is 19.5. The second-order valence-electron chi connectivity index (χ2n) is 11.1. The number of ether oxygens (including phenoxy) is 1. The number of aliphatic hydroxyl groups is 1. The summed E-state index contributed by atoms with van der Waals surface area (Å²) in [6, 6.07) is 10.5. The Hall–Kier alpha value is -0.943. The fourth-order valence-corrected chi connectivity index (χ4v) is 6.62. The Bertz CT molecular complexity index is 792. The van der Waals surface area contributed by atoms with E-state index in [0.717, 1.165) is 30.4 Å². The van der Waals surface area contributed by atoms with Gasteiger partial charge in [-0.2, -0.15) is 0 Å². The van der Waals surface area contributed by atoms with E-state index in [-0.39, 0.29) is 17.1 Å². The second kappa shape index (κ2) is 6.04. The van der Waals surface area contributed by atoms with Crippen LogP contribution in [0.1, 0.15) is 59.4 Å². The zero-order valence-electron chi connectivity index (χ0n) is 18.5. The second-order valence-corrected chi connectivity index (χ2v) is 15.8. The van der Waals surface area contributed by atoms with E-state index >= 15 is 0 Å². The van der Waals surface area contributed by atoms with Crippen molar-refractivity contribution in [2.45, 2.75) is 94.9 Å². The van der Waals surface area contributed by atoms with Gasteiger partial charge >= 0.3 is 0 Å². The molecule has 2 heterocycles. The molecule has 3 aliphatic rings. The van der Waals surface area contributed by atoms with Crippen molar-refractivity contribution in [2.24, 2.45) is 5.92 Å². The van der Waals surface area contributed by atoms with Gasteiger partial charge in [0.05, 0.1) is 17.3 Å². The summed E-state index contributed by atoms with van der Waals surface area (Å²) < 4.78 is 13.9. The molecule has 1 saturated carbocycles. The lowest BCUT2D eigenvalue weighted by atomic mass is 9.79. The van der Waals surface area contributed by atoms with Gasteiger partial charge in [-0.05, 0) is 62.0 Å². The van der Waals surface area contributed by atoms with Gasteiger partial charge in [-0.3, -0.25) is 0 Å². The summed E-state index contributed by atoms with van der Waals surface area (Å²) in [5, 5.41) is 11.3. The topological polar surface area (TPSA) is 38.7 Å². The lowest BCUT2D eigenvalue weighted by Crippen LogP contribution is -2.53. The highest BCUT2D eigenvalue weighted by molar-refractivity contribution is 6.74. The molecule has 0 unspecified atom stereocenters. The molecule has 2 bridgehead atoms. The van der Waals surface area contributed by atoms with Gasteiger partial charge in [0.1, 0.15) is 5.60 Å². The van der Waals surface area contributed by atoms with Gasteiger partial charge in [0.2, 0.25) is 0 Å². The molecule has 28 heavy (non-hydrogen) atoms. The molecule has 2 fully saturated rings. The first-order valence-corrected chi connectivity index (χ1v) is 13.6. The minimum absolute atomic E-state index is 0.0289. The number of benzene rings is 1. The Morgan fingerprint density at radius 3 is 2.39 bits per heavy atom. The summed E-state index contributed by atoms with van der Waals surface area (Å²) in [6.07, 6.45) is 4.84. The molecule has 5 atom stereocenters. The highest BCUT2D eigenvalue weighted by atomic mass is 28.4. The molecule has 1 N–H and O–H groups in total. The Morgan fingerprint density at radius 2 is 1.79 bits per heavy atom. The lowest BCUT2D eigenvalue weighted by Gasteiger charge is -2.46. The quantitative estimate of drug-likeness (QED) is 0.534. The van der Waals surface area contributed by atoms with Crippen LogP contribution in [0.25, 0.3) is 0 Å². The van der Waals surface area contributed by atoms with E-state index in [9.17, 15) is 5.11 Å². The minimum atomic E-state index is -1.96. The van der Waals surface area contributed by atoms with Crippen molar-refractivity contribution >= 4 is 8.32 Å². The maximum atomic E-state index is 11.1. The number of hydrogen-bond donors (Lipinski definition) is 1. The maximum Gasteiger partial charge on any atom is 0.192 e. The summed E-state index contributed by atoms with van der Waals surface area (Å²) in [7, 11) is -1.96. The molecule has 1 aliphatic carbocycles. The molecule has 2 aliphatic heterocycles. The molecule has 4 heteroatoms. The average molecular weight is 401 g/mol. The summed E-state index contributed by atoms with van der Waals surface area (Å²) in [5.41, 5.74) is 0.656. The highest BCUT2D eigenvalue weighted by Gasteiger charge is 2.65. The van der Waals surface area contributed by atoms with Crippen LogP contribution >= 0.6 is 0 Å². The first kappa shape index (κ1) is 20.3. The van der Waals surface area contributed by atoms with Crippen LogP contribution in [0.4, 0.5) is 0 Å². The van der Waals surface area contributed by atoms with Crippen LogP contribution in [0.3, 0.4) is 0 Å². The van der Waals surface area contributed by atoms with Crippen LogP contribution in [0.5, 0.6) is 0 Å². The molecule has 1 aromatic carbocycles. The third-order valence-corrected chi connectivity index (χ3v) is 12.5. The third-order valence-electron chi connectivity index (χ3n) is 8.03. The molecule has 0 radical (unpaired) electrons. The van der Waals surface area contributed by atoms with E-state index < -0.39 is 25.1 Å². The molecule has 0 amide bonds. The van der Waals surface area contributed by atoms with Crippen LogP contribution in [0.15, 0.2) is 42.0 Å². The highest BCUT2D eigenvalue weighted by Crippen LogP contribution is 2.62. The minimum Gasteiger partial charge on any atom is -0.411 e. The first-order chi connectivity index (χ1) is 12.8. The standard InChI is InChI=1S/C24H36O3Si/c1-21(2,3)28(6,7)26-20-16-24(17-11-9-8-10-12-17)15-19-18(23(20,5)27-24)13-14-22(19,4)25/h8-12,15,18,20,25H,13-14,16H2,1-7H3/t18-,20-,22+,23+,24-/m1/s1. The Morgan fingerprint density at radius 1 is 1.14 bits per heavy atom. The summed E-state index contributed by atoms with van der Waals surface area (Å²) in [5.74, 6) is 0.219. The molecule has 0 spiro atoms.